The predicted molar refractivity (Wildman–Crippen MR) is 185 cm³/mol. The Balaban J connectivity index is 1.59. The molecule has 0 saturated carbocycles. The van der Waals surface area contributed by atoms with Gasteiger partial charge >= 0.3 is 0 Å². The molecule has 2 aliphatic heterocycles. The van der Waals surface area contributed by atoms with Crippen LogP contribution in [0.25, 0.3) is 65.3 Å². The lowest BCUT2D eigenvalue weighted by molar-refractivity contribution is -0.385. The van der Waals surface area contributed by atoms with Gasteiger partial charge in [-0.05, 0) is 78.8 Å². The minimum absolute atomic E-state index is 0.170. The number of hydrogen-bond donors (Lipinski definition) is 0. The second-order valence-corrected chi connectivity index (χ2v) is 12.5. The Morgan fingerprint density at radius 2 is 0.820 bits per heavy atom. The second-order valence-electron chi connectivity index (χ2n) is 12.5. The van der Waals surface area contributed by atoms with Crippen LogP contribution in [0.15, 0.2) is 84.9 Å². The number of amides is 4. The number of benzene rings is 7. The number of hydrogen-bond acceptors (Lipinski definition) is 8. The summed E-state index contributed by atoms with van der Waals surface area (Å²) in [7, 11) is 2.78. The average Bonchev–Trinajstić information content (AvgIpc) is 3.13. The van der Waals surface area contributed by atoms with E-state index in [9.17, 15) is 39.4 Å². The molecule has 12 nitrogen and oxygen atoms in total. The SMILES string of the molecule is CN1C(=O)c2ccc3c4c(-c5cccc([N+](=O)[O-])c5)cc5c6c(ccc(c7c(-c8cccc([N+](=O)[O-])c8)cc(c2c37)C1=O)c64)C(=O)N(C)C5=O. The average molecular weight is 661 g/mol. The van der Waals surface area contributed by atoms with Crippen molar-refractivity contribution in [3.05, 3.63) is 127 Å². The van der Waals surface area contributed by atoms with Gasteiger partial charge in [0.2, 0.25) is 0 Å². The monoisotopic (exact) mass is 660 g/mol. The van der Waals surface area contributed by atoms with E-state index in [1.165, 1.54) is 38.4 Å². The van der Waals surface area contributed by atoms with Gasteiger partial charge in [0.1, 0.15) is 0 Å². The summed E-state index contributed by atoms with van der Waals surface area (Å²) in [5.41, 5.74) is 2.49. The second kappa shape index (κ2) is 9.73. The summed E-state index contributed by atoms with van der Waals surface area (Å²) in [6.07, 6.45) is 0. The third kappa shape index (κ3) is 3.58. The first-order valence-electron chi connectivity index (χ1n) is 15.4. The van der Waals surface area contributed by atoms with Crippen LogP contribution in [0.4, 0.5) is 11.4 Å². The molecule has 7 aromatic carbocycles. The Hall–Kier alpha value is -7.08. The number of nitro benzene ring substituents is 2. The molecule has 4 amide bonds. The zero-order chi connectivity index (χ0) is 34.9. The smallest absolute Gasteiger partial charge is 0.270 e. The molecule has 0 saturated heterocycles. The van der Waals surface area contributed by atoms with Crippen molar-refractivity contribution in [3.8, 4) is 22.3 Å². The third-order valence-electron chi connectivity index (χ3n) is 9.98. The fourth-order valence-corrected chi connectivity index (χ4v) is 7.74. The molecular weight excluding hydrogens is 640 g/mol. The van der Waals surface area contributed by atoms with Crippen molar-refractivity contribution < 1.29 is 29.0 Å². The number of non-ortho nitro benzene ring substituents is 2. The molecule has 50 heavy (non-hydrogen) atoms. The Kier molecular flexibility index (Phi) is 5.66. The Morgan fingerprint density at radius 1 is 0.440 bits per heavy atom. The lowest BCUT2D eigenvalue weighted by Crippen LogP contribution is -2.37. The number of imide groups is 2. The molecule has 2 aliphatic rings. The molecule has 0 bridgehead atoms. The summed E-state index contributed by atoms with van der Waals surface area (Å²) in [6, 6.07) is 22.1. The summed E-state index contributed by atoms with van der Waals surface area (Å²) in [5.74, 6) is -2.10. The topological polar surface area (TPSA) is 161 Å². The molecule has 0 unspecified atom stereocenters. The number of nitrogens with zero attached hydrogens (tertiary/aromatic N) is 4. The van der Waals surface area contributed by atoms with Crippen molar-refractivity contribution >= 4 is 78.1 Å². The fourth-order valence-electron chi connectivity index (χ4n) is 7.74. The van der Waals surface area contributed by atoms with Gasteiger partial charge in [-0.1, -0.05) is 36.4 Å². The molecule has 7 aromatic rings. The number of carbonyl (C=O) groups excluding carboxylic acids is 4. The molecule has 240 valence electrons. The third-order valence-corrected chi connectivity index (χ3v) is 9.98. The number of carbonyl (C=O) groups is 4. The maximum atomic E-state index is 13.8. The summed E-state index contributed by atoms with van der Waals surface area (Å²) in [4.78, 5) is 79.6. The zero-order valence-corrected chi connectivity index (χ0v) is 26.1. The molecule has 9 rings (SSSR count). The summed E-state index contributed by atoms with van der Waals surface area (Å²) >= 11 is 0. The van der Waals surface area contributed by atoms with Crippen LogP contribution in [0, 0.1) is 20.2 Å². The Morgan fingerprint density at radius 3 is 1.20 bits per heavy atom. The first-order chi connectivity index (χ1) is 24.0. The van der Waals surface area contributed by atoms with Gasteiger partial charge in [-0.25, -0.2) is 0 Å². The maximum Gasteiger partial charge on any atom is 0.270 e. The summed E-state index contributed by atoms with van der Waals surface area (Å²) in [6.45, 7) is 0. The highest BCUT2D eigenvalue weighted by atomic mass is 16.6. The van der Waals surface area contributed by atoms with Crippen molar-refractivity contribution in [2.45, 2.75) is 0 Å². The van der Waals surface area contributed by atoms with E-state index in [2.05, 4.69) is 0 Å². The molecule has 0 spiro atoms. The molecule has 0 atom stereocenters. The Labute approximate surface area is 280 Å². The normalized spacial score (nSPS) is 14.2. The standard InChI is InChI=1S/C38H20N4O8/c1-39-35(43)23-11-9-21-30-26(18-6-4-8-20(14-18)42(49)50)16-28-32-24(36(44)40(2)38(28)46)12-10-22(34(30)32)29-25(15-27(37(39)45)31(23)33(21)29)17-5-3-7-19(13-17)41(47)48/h3-16H,1-2H3. The van der Waals surface area contributed by atoms with E-state index in [1.54, 1.807) is 60.7 Å². The van der Waals surface area contributed by atoms with E-state index in [0.717, 1.165) is 9.80 Å². The van der Waals surface area contributed by atoms with Crippen LogP contribution in [-0.2, 0) is 0 Å². The van der Waals surface area contributed by atoms with Gasteiger partial charge in [0, 0.05) is 71.4 Å². The molecule has 0 aliphatic carbocycles. The molecular formula is C38H20N4O8. The van der Waals surface area contributed by atoms with Gasteiger partial charge in [-0.15, -0.1) is 0 Å². The van der Waals surface area contributed by atoms with Gasteiger partial charge in [-0.2, -0.15) is 0 Å². The summed E-state index contributed by atoms with van der Waals surface area (Å²) in [5, 5.41) is 27.9. The van der Waals surface area contributed by atoms with Gasteiger partial charge in [0.05, 0.1) is 9.85 Å². The van der Waals surface area contributed by atoms with Crippen LogP contribution in [0.1, 0.15) is 41.4 Å². The van der Waals surface area contributed by atoms with E-state index in [-0.39, 0.29) is 33.6 Å². The largest absolute Gasteiger partial charge is 0.277 e. The van der Waals surface area contributed by atoms with Crippen LogP contribution in [0.2, 0.25) is 0 Å². The minimum Gasteiger partial charge on any atom is -0.277 e. The molecule has 0 fully saturated rings. The van der Waals surface area contributed by atoms with Crippen molar-refractivity contribution in [1.82, 2.24) is 9.80 Å². The molecule has 0 radical (unpaired) electrons. The first kappa shape index (κ1) is 29.1. The lowest BCUT2D eigenvalue weighted by Gasteiger charge is -2.30. The van der Waals surface area contributed by atoms with Crippen LogP contribution in [0.3, 0.4) is 0 Å². The van der Waals surface area contributed by atoms with Crippen molar-refractivity contribution in [1.29, 1.82) is 0 Å². The van der Waals surface area contributed by atoms with E-state index in [4.69, 9.17) is 0 Å². The van der Waals surface area contributed by atoms with Gasteiger partial charge < -0.3 is 0 Å². The zero-order valence-electron chi connectivity index (χ0n) is 26.1. The highest BCUT2D eigenvalue weighted by Crippen LogP contribution is 2.52. The number of nitro groups is 2. The quantitative estimate of drug-likeness (QED) is 0.0623. The summed E-state index contributed by atoms with van der Waals surface area (Å²) < 4.78 is 0. The van der Waals surface area contributed by atoms with Crippen molar-refractivity contribution in [3.63, 3.8) is 0 Å². The fraction of sp³-hybridized carbons (Fsp3) is 0.0526. The lowest BCUT2D eigenvalue weighted by atomic mass is 9.78. The highest BCUT2D eigenvalue weighted by Gasteiger charge is 2.37. The van der Waals surface area contributed by atoms with Crippen LogP contribution >= 0.6 is 0 Å². The molecule has 0 N–H and O–H groups in total. The van der Waals surface area contributed by atoms with Crippen LogP contribution in [-0.4, -0.2) is 57.4 Å². The van der Waals surface area contributed by atoms with Gasteiger partial charge in [0.15, 0.2) is 0 Å². The Bertz CT molecular complexity index is 2650. The van der Waals surface area contributed by atoms with Gasteiger partial charge in [-0.3, -0.25) is 49.2 Å². The maximum absolute atomic E-state index is 13.8. The van der Waals surface area contributed by atoms with Crippen LogP contribution < -0.4 is 0 Å². The highest BCUT2D eigenvalue weighted by molar-refractivity contribution is 6.44. The number of rotatable bonds is 4. The van der Waals surface area contributed by atoms with E-state index < -0.39 is 33.5 Å². The molecule has 0 aromatic heterocycles. The van der Waals surface area contributed by atoms with Crippen molar-refractivity contribution in [2.24, 2.45) is 0 Å². The van der Waals surface area contributed by atoms with E-state index in [0.29, 0.717) is 65.3 Å². The van der Waals surface area contributed by atoms with Gasteiger partial charge in [0.25, 0.3) is 35.0 Å². The molecule has 12 heteroatoms. The van der Waals surface area contributed by atoms with Crippen molar-refractivity contribution in [2.75, 3.05) is 14.1 Å². The van der Waals surface area contributed by atoms with E-state index >= 15 is 0 Å². The predicted octanol–water partition coefficient (Wildman–Crippen LogP) is 7.34. The van der Waals surface area contributed by atoms with Crippen LogP contribution in [0.5, 0.6) is 0 Å². The van der Waals surface area contributed by atoms with E-state index in [1.807, 2.05) is 0 Å². The minimum atomic E-state index is -0.549. The number of fused-ring (bicyclic) bond motifs is 2. The first-order valence-corrected chi connectivity index (χ1v) is 15.4. The molecule has 2 heterocycles.